The summed E-state index contributed by atoms with van der Waals surface area (Å²) in [5.74, 6) is 0.967. The van der Waals surface area contributed by atoms with Gasteiger partial charge in [0.2, 0.25) is 0 Å². The average molecular weight is 273 g/mol. The van der Waals surface area contributed by atoms with E-state index in [1.54, 1.807) is 0 Å². The van der Waals surface area contributed by atoms with E-state index in [-0.39, 0.29) is 5.54 Å². The molecule has 0 bridgehead atoms. The lowest BCUT2D eigenvalue weighted by atomic mass is 9.84. The van der Waals surface area contributed by atoms with Crippen molar-refractivity contribution in [3.63, 3.8) is 0 Å². The molecule has 20 heavy (non-hydrogen) atoms. The van der Waals surface area contributed by atoms with Crippen molar-refractivity contribution in [2.75, 3.05) is 11.9 Å². The third kappa shape index (κ3) is 3.17. The summed E-state index contributed by atoms with van der Waals surface area (Å²) in [6.07, 6.45) is 7.08. The minimum Gasteiger partial charge on any atom is -0.494 e. The highest BCUT2D eigenvalue weighted by Crippen LogP contribution is 2.39. The largest absolute Gasteiger partial charge is 0.494 e. The zero-order valence-electron chi connectivity index (χ0n) is 13.3. The molecule has 1 unspecified atom stereocenters. The van der Waals surface area contributed by atoms with Crippen LogP contribution in [-0.2, 0) is 0 Å². The summed E-state index contributed by atoms with van der Waals surface area (Å²) in [6.45, 7) is 9.52. The second kappa shape index (κ2) is 6.34. The maximum absolute atomic E-state index is 5.64. The Balaban J connectivity index is 2.39. The monoisotopic (exact) mass is 273 g/mol. The molecule has 1 aliphatic rings. The molecule has 0 fully saturated rings. The van der Waals surface area contributed by atoms with E-state index >= 15 is 0 Å². The Hall–Kier alpha value is -1.44. The van der Waals surface area contributed by atoms with Crippen molar-refractivity contribution in [2.24, 2.45) is 0 Å². The van der Waals surface area contributed by atoms with E-state index in [2.05, 4.69) is 50.4 Å². The highest BCUT2D eigenvalue weighted by Gasteiger charge is 2.27. The van der Waals surface area contributed by atoms with Gasteiger partial charge < -0.3 is 10.1 Å². The van der Waals surface area contributed by atoms with Crippen LogP contribution in [0.4, 0.5) is 5.69 Å². The Labute approximate surface area is 123 Å². The average Bonchev–Trinajstić information content (AvgIpc) is 2.40. The smallest absolute Gasteiger partial charge is 0.120 e. The summed E-state index contributed by atoms with van der Waals surface area (Å²) in [7, 11) is 0. The summed E-state index contributed by atoms with van der Waals surface area (Å²) in [5, 5.41) is 3.70. The van der Waals surface area contributed by atoms with Crippen LogP contribution in [0.2, 0.25) is 0 Å². The third-order valence-corrected chi connectivity index (χ3v) is 3.85. The lowest BCUT2D eigenvalue weighted by Crippen LogP contribution is -2.35. The predicted octanol–water partition coefficient (Wildman–Crippen LogP) is 5.25. The van der Waals surface area contributed by atoms with Gasteiger partial charge >= 0.3 is 0 Å². The van der Waals surface area contributed by atoms with Crippen molar-refractivity contribution in [1.82, 2.24) is 0 Å². The summed E-state index contributed by atoms with van der Waals surface area (Å²) >= 11 is 0. The van der Waals surface area contributed by atoms with Gasteiger partial charge in [-0.05, 0) is 50.5 Å². The Kier molecular flexibility index (Phi) is 4.74. The van der Waals surface area contributed by atoms with E-state index in [0.717, 1.165) is 18.6 Å². The van der Waals surface area contributed by atoms with Crippen LogP contribution in [0.1, 0.15) is 58.9 Å². The second-order valence-electron chi connectivity index (χ2n) is 5.85. The fraction of sp³-hybridized carbons (Fsp3) is 0.556. The number of rotatable bonds is 6. The van der Waals surface area contributed by atoms with E-state index in [4.69, 9.17) is 4.74 Å². The molecule has 0 amide bonds. The van der Waals surface area contributed by atoms with Crippen LogP contribution in [0.15, 0.2) is 24.3 Å². The molecule has 0 aromatic heterocycles. The number of allylic oxidation sites excluding steroid dienone is 1. The molecule has 1 N–H and O–H groups in total. The lowest BCUT2D eigenvalue weighted by Gasteiger charge is -2.35. The number of hydrogen-bond donors (Lipinski definition) is 1. The zero-order valence-corrected chi connectivity index (χ0v) is 13.3. The number of hydrogen-bond acceptors (Lipinski definition) is 2. The Bertz CT molecular complexity index is 492. The highest BCUT2D eigenvalue weighted by atomic mass is 16.5. The zero-order chi connectivity index (χ0) is 14.6. The van der Waals surface area contributed by atoms with Gasteiger partial charge in [-0.2, -0.15) is 0 Å². The third-order valence-electron chi connectivity index (χ3n) is 3.85. The van der Waals surface area contributed by atoms with Crippen LogP contribution < -0.4 is 10.1 Å². The molecule has 2 rings (SSSR count). The normalized spacial score (nSPS) is 20.9. The second-order valence-corrected chi connectivity index (χ2v) is 5.85. The first kappa shape index (κ1) is 15.0. The van der Waals surface area contributed by atoms with Crippen LogP contribution >= 0.6 is 0 Å². The van der Waals surface area contributed by atoms with Crippen molar-refractivity contribution >= 4 is 11.3 Å². The maximum atomic E-state index is 5.64. The minimum atomic E-state index is 0.0827. The van der Waals surface area contributed by atoms with Gasteiger partial charge in [0.1, 0.15) is 5.75 Å². The van der Waals surface area contributed by atoms with Crippen LogP contribution in [0.3, 0.4) is 0 Å². The fourth-order valence-electron chi connectivity index (χ4n) is 3.09. The van der Waals surface area contributed by atoms with Gasteiger partial charge in [-0.25, -0.2) is 0 Å². The summed E-state index contributed by atoms with van der Waals surface area (Å²) < 4.78 is 5.64. The van der Waals surface area contributed by atoms with Crippen molar-refractivity contribution in [2.45, 2.75) is 58.9 Å². The first-order chi connectivity index (χ1) is 9.61. The molecule has 0 spiro atoms. The van der Waals surface area contributed by atoms with Crippen molar-refractivity contribution < 1.29 is 4.74 Å². The molecule has 0 radical (unpaired) electrons. The van der Waals surface area contributed by atoms with Crippen LogP contribution in [-0.4, -0.2) is 12.1 Å². The lowest BCUT2D eigenvalue weighted by molar-refractivity contribution is 0.340. The maximum Gasteiger partial charge on any atom is 0.120 e. The molecule has 1 aliphatic heterocycles. The molecular formula is C18H27NO. The first-order valence-corrected chi connectivity index (χ1v) is 7.89. The standard InChI is InChI=1S/C18H27NO/c1-5-8-14-13-18(4,11-6-2)19-17-10-9-15(20-7-3)12-16(14)17/h9-10,12-13,19H,5-8,11H2,1-4H3. The number of anilines is 1. The number of benzene rings is 1. The molecule has 2 heteroatoms. The Morgan fingerprint density at radius 2 is 1.95 bits per heavy atom. The highest BCUT2D eigenvalue weighted by molar-refractivity contribution is 5.82. The SMILES string of the molecule is CCCC1=CC(C)(CCC)Nc2ccc(OCC)cc21. The molecule has 2 nitrogen and oxygen atoms in total. The minimum absolute atomic E-state index is 0.0827. The van der Waals surface area contributed by atoms with E-state index in [9.17, 15) is 0 Å². The summed E-state index contributed by atoms with van der Waals surface area (Å²) in [4.78, 5) is 0. The van der Waals surface area contributed by atoms with Gasteiger partial charge in [-0.15, -0.1) is 0 Å². The molecule has 0 aliphatic carbocycles. The molecule has 1 heterocycles. The van der Waals surface area contributed by atoms with E-state index in [0.29, 0.717) is 6.61 Å². The molecular weight excluding hydrogens is 246 g/mol. The van der Waals surface area contributed by atoms with Crippen LogP contribution in [0.5, 0.6) is 5.75 Å². The molecule has 110 valence electrons. The Morgan fingerprint density at radius 3 is 2.60 bits per heavy atom. The van der Waals surface area contributed by atoms with Crippen LogP contribution in [0, 0.1) is 0 Å². The van der Waals surface area contributed by atoms with Crippen LogP contribution in [0.25, 0.3) is 5.57 Å². The molecule has 1 aromatic rings. The van der Waals surface area contributed by atoms with Gasteiger partial charge in [-0.1, -0.05) is 32.8 Å². The quantitative estimate of drug-likeness (QED) is 0.764. The van der Waals surface area contributed by atoms with Gasteiger partial charge in [0.25, 0.3) is 0 Å². The summed E-state index contributed by atoms with van der Waals surface area (Å²) in [6, 6.07) is 6.41. The summed E-state index contributed by atoms with van der Waals surface area (Å²) in [5.41, 5.74) is 4.10. The van der Waals surface area contributed by atoms with Crippen molar-refractivity contribution in [3.05, 3.63) is 29.8 Å². The van der Waals surface area contributed by atoms with Gasteiger partial charge in [-0.3, -0.25) is 0 Å². The number of ether oxygens (including phenoxy) is 1. The van der Waals surface area contributed by atoms with E-state index < -0.39 is 0 Å². The number of nitrogens with one attached hydrogen (secondary N) is 1. The Morgan fingerprint density at radius 1 is 1.15 bits per heavy atom. The van der Waals surface area contributed by atoms with Crippen molar-refractivity contribution in [1.29, 1.82) is 0 Å². The molecule has 0 saturated carbocycles. The first-order valence-electron chi connectivity index (χ1n) is 7.89. The van der Waals surface area contributed by atoms with Gasteiger partial charge in [0, 0.05) is 11.3 Å². The molecule has 1 aromatic carbocycles. The fourth-order valence-corrected chi connectivity index (χ4v) is 3.09. The van der Waals surface area contributed by atoms with E-state index in [1.165, 1.54) is 29.7 Å². The topological polar surface area (TPSA) is 21.3 Å². The van der Waals surface area contributed by atoms with Gasteiger partial charge in [0.15, 0.2) is 0 Å². The number of fused-ring (bicyclic) bond motifs is 1. The molecule has 1 atom stereocenters. The van der Waals surface area contributed by atoms with Gasteiger partial charge in [0.05, 0.1) is 12.1 Å². The van der Waals surface area contributed by atoms with Crippen molar-refractivity contribution in [3.8, 4) is 5.75 Å². The van der Waals surface area contributed by atoms with E-state index in [1.807, 2.05) is 6.92 Å². The predicted molar refractivity (Wildman–Crippen MR) is 87.4 cm³/mol. The molecule has 0 saturated heterocycles.